The van der Waals surface area contributed by atoms with E-state index in [0.717, 1.165) is 5.69 Å². The van der Waals surface area contributed by atoms with Crippen LogP contribution in [-0.4, -0.2) is 17.2 Å². The molecule has 4 heteroatoms. The number of hydrogen-bond donors (Lipinski definition) is 1. The molecule has 0 atom stereocenters. The molecule has 0 unspecified atom stereocenters. The summed E-state index contributed by atoms with van der Waals surface area (Å²) >= 11 is 0. The molecule has 0 aromatic carbocycles. The lowest BCUT2D eigenvalue weighted by Gasteiger charge is -1.93. The minimum atomic E-state index is 0.527. The molecule has 0 aliphatic rings. The highest BCUT2D eigenvalue weighted by Gasteiger charge is 1.89. The van der Waals surface area contributed by atoms with Crippen LogP contribution in [0.25, 0.3) is 0 Å². The summed E-state index contributed by atoms with van der Waals surface area (Å²) in [5, 5.41) is 3.63. The Morgan fingerprint density at radius 1 is 1.73 bits per heavy atom. The molecule has 1 aromatic rings. The number of rotatable bonds is 3. The van der Waals surface area contributed by atoms with Crippen molar-refractivity contribution in [3.63, 3.8) is 0 Å². The van der Waals surface area contributed by atoms with Crippen molar-refractivity contribution in [2.45, 2.75) is 0 Å². The molecule has 1 heterocycles. The zero-order chi connectivity index (χ0) is 8.10. The minimum Gasteiger partial charge on any atom is -0.350 e. The molecule has 0 saturated carbocycles. The van der Waals surface area contributed by atoms with E-state index in [9.17, 15) is 4.79 Å². The van der Waals surface area contributed by atoms with Gasteiger partial charge in [-0.25, -0.2) is 5.43 Å². The Hall–Kier alpha value is -1.58. The van der Waals surface area contributed by atoms with Gasteiger partial charge in [0.15, 0.2) is 0 Å². The van der Waals surface area contributed by atoms with E-state index in [2.05, 4.69) is 10.5 Å². The molecular formula is C7H9N3O. The molecule has 1 rings (SSSR count). The minimum absolute atomic E-state index is 0.527. The van der Waals surface area contributed by atoms with Crippen LogP contribution < -0.4 is 5.43 Å². The molecule has 58 valence electrons. The van der Waals surface area contributed by atoms with Gasteiger partial charge in [0.2, 0.25) is 6.41 Å². The largest absolute Gasteiger partial charge is 0.350 e. The van der Waals surface area contributed by atoms with Crippen molar-refractivity contribution in [2.75, 3.05) is 0 Å². The SMILES string of the molecule is Cn1cccc1C=NNC=O. The fourth-order valence-electron chi connectivity index (χ4n) is 0.742. The van der Waals surface area contributed by atoms with Crippen LogP contribution >= 0.6 is 0 Å². The second kappa shape index (κ2) is 3.55. The third-order valence-corrected chi connectivity index (χ3v) is 1.31. The molecule has 0 bridgehead atoms. The number of hydrazone groups is 1. The second-order valence-electron chi connectivity index (χ2n) is 2.05. The second-order valence-corrected chi connectivity index (χ2v) is 2.05. The molecule has 11 heavy (non-hydrogen) atoms. The van der Waals surface area contributed by atoms with Gasteiger partial charge in [-0.15, -0.1) is 0 Å². The van der Waals surface area contributed by atoms with E-state index in [-0.39, 0.29) is 0 Å². The van der Waals surface area contributed by atoms with Gasteiger partial charge in [-0.2, -0.15) is 5.10 Å². The van der Waals surface area contributed by atoms with Crippen molar-refractivity contribution in [2.24, 2.45) is 12.1 Å². The average Bonchev–Trinajstić information content (AvgIpc) is 2.37. The molecule has 0 spiro atoms. The van der Waals surface area contributed by atoms with Crippen molar-refractivity contribution < 1.29 is 4.79 Å². The highest BCUT2D eigenvalue weighted by atomic mass is 16.1. The number of aryl methyl sites for hydroxylation is 1. The first-order valence-electron chi connectivity index (χ1n) is 3.18. The number of carbonyl (C=O) groups is 1. The number of aromatic nitrogens is 1. The monoisotopic (exact) mass is 151 g/mol. The summed E-state index contributed by atoms with van der Waals surface area (Å²) in [7, 11) is 1.91. The average molecular weight is 151 g/mol. The van der Waals surface area contributed by atoms with Crippen LogP contribution in [0.3, 0.4) is 0 Å². The molecule has 4 nitrogen and oxygen atoms in total. The van der Waals surface area contributed by atoms with Crippen LogP contribution in [0.4, 0.5) is 0 Å². The van der Waals surface area contributed by atoms with E-state index in [0.29, 0.717) is 6.41 Å². The summed E-state index contributed by atoms with van der Waals surface area (Å²) in [5.74, 6) is 0. The molecule has 1 amide bonds. The summed E-state index contributed by atoms with van der Waals surface area (Å²) in [4.78, 5) is 9.79. The summed E-state index contributed by atoms with van der Waals surface area (Å²) in [6, 6.07) is 3.80. The lowest BCUT2D eigenvalue weighted by atomic mass is 10.5. The number of nitrogens with zero attached hydrogens (tertiary/aromatic N) is 2. The quantitative estimate of drug-likeness (QED) is 0.372. The Morgan fingerprint density at radius 3 is 3.09 bits per heavy atom. The van der Waals surface area contributed by atoms with Gasteiger partial charge in [0.05, 0.1) is 11.9 Å². The van der Waals surface area contributed by atoms with Gasteiger partial charge in [0, 0.05) is 13.2 Å². The molecule has 0 aliphatic heterocycles. The van der Waals surface area contributed by atoms with Gasteiger partial charge >= 0.3 is 0 Å². The Morgan fingerprint density at radius 2 is 2.55 bits per heavy atom. The third-order valence-electron chi connectivity index (χ3n) is 1.31. The molecule has 1 aromatic heterocycles. The van der Waals surface area contributed by atoms with E-state index in [1.165, 1.54) is 0 Å². The van der Waals surface area contributed by atoms with E-state index in [1.807, 2.05) is 29.9 Å². The van der Waals surface area contributed by atoms with Gasteiger partial charge < -0.3 is 4.57 Å². The molecule has 0 saturated heterocycles. The normalized spacial score (nSPS) is 10.3. The van der Waals surface area contributed by atoms with Gasteiger partial charge in [-0.1, -0.05) is 0 Å². The lowest BCUT2D eigenvalue weighted by Crippen LogP contribution is -2.02. The molecule has 0 radical (unpaired) electrons. The maximum atomic E-state index is 9.79. The number of nitrogens with one attached hydrogen (secondary N) is 1. The van der Waals surface area contributed by atoms with E-state index >= 15 is 0 Å². The number of hydrogen-bond acceptors (Lipinski definition) is 2. The van der Waals surface area contributed by atoms with E-state index in [1.54, 1.807) is 6.21 Å². The highest BCUT2D eigenvalue weighted by Crippen LogP contribution is 1.93. The van der Waals surface area contributed by atoms with Gasteiger partial charge in [0.25, 0.3) is 0 Å². The smallest absolute Gasteiger partial charge is 0.227 e. The maximum Gasteiger partial charge on any atom is 0.227 e. The highest BCUT2D eigenvalue weighted by molar-refractivity contribution is 5.77. The van der Waals surface area contributed by atoms with Crippen LogP contribution in [-0.2, 0) is 11.8 Å². The number of amides is 1. The van der Waals surface area contributed by atoms with Crippen LogP contribution in [0, 0.1) is 0 Å². The molecule has 0 fully saturated rings. The van der Waals surface area contributed by atoms with Gasteiger partial charge in [-0.05, 0) is 12.1 Å². The summed E-state index contributed by atoms with van der Waals surface area (Å²) < 4.78 is 1.90. The predicted octanol–water partition coefficient (Wildman–Crippen LogP) is 0.105. The Kier molecular flexibility index (Phi) is 2.43. The predicted molar refractivity (Wildman–Crippen MR) is 42.2 cm³/mol. The van der Waals surface area contributed by atoms with Gasteiger partial charge in [-0.3, -0.25) is 4.79 Å². The van der Waals surface area contributed by atoms with Crippen LogP contribution in [0.1, 0.15) is 5.69 Å². The number of carbonyl (C=O) groups excluding carboxylic acids is 1. The zero-order valence-corrected chi connectivity index (χ0v) is 6.19. The maximum absolute atomic E-state index is 9.79. The first kappa shape index (κ1) is 7.53. The molecule has 0 aliphatic carbocycles. The fraction of sp³-hybridized carbons (Fsp3) is 0.143. The van der Waals surface area contributed by atoms with Crippen molar-refractivity contribution in [1.29, 1.82) is 0 Å². The topological polar surface area (TPSA) is 46.4 Å². The van der Waals surface area contributed by atoms with Crippen LogP contribution in [0.15, 0.2) is 23.4 Å². The first-order chi connectivity index (χ1) is 5.34. The Bertz CT molecular complexity index is 264. The first-order valence-corrected chi connectivity index (χ1v) is 3.18. The summed E-state index contributed by atoms with van der Waals surface area (Å²) in [6.07, 6.45) is 4.01. The zero-order valence-electron chi connectivity index (χ0n) is 6.19. The third kappa shape index (κ3) is 1.93. The van der Waals surface area contributed by atoms with Crippen molar-refractivity contribution in [3.05, 3.63) is 24.0 Å². The Labute approximate surface area is 64.5 Å². The summed E-state index contributed by atoms with van der Waals surface area (Å²) in [5.41, 5.74) is 3.13. The van der Waals surface area contributed by atoms with E-state index < -0.39 is 0 Å². The van der Waals surface area contributed by atoms with Crippen LogP contribution in [0.2, 0.25) is 0 Å². The van der Waals surface area contributed by atoms with Crippen LogP contribution in [0.5, 0.6) is 0 Å². The standard InChI is InChI=1S/C7H9N3O/c1-10-4-2-3-7(10)5-8-9-6-11/h2-6H,1H3,(H,9,11). The van der Waals surface area contributed by atoms with E-state index in [4.69, 9.17) is 0 Å². The van der Waals surface area contributed by atoms with Crippen molar-refractivity contribution >= 4 is 12.6 Å². The Balaban J connectivity index is 2.63. The van der Waals surface area contributed by atoms with Crippen molar-refractivity contribution in [1.82, 2.24) is 9.99 Å². The van der Waals surface area contributed by atoms with Crippen molar-refractivity contribution in [3.8, 4) is 0 Å². The summed E-state index contributed by atoms with van der Waals surface area (Å²) in [6.45, 7) is 0. The lowest BCUT2D eigenvalue weighted by molar-refractivity contribution is -0.109. The van der Waals surface area contributed by atoms with Gasteiger partial charge in [0.1, 0.15) is 0 Å². The molecule has 1 N–H and O–H groups in total. The fourth-order valence-corrected chi connectivity index (χ4v) is 0.742. The molecular weight excluding hydrogens is 142 g/mol.